The van der Waals surface area contributed by atoms with Gasteiger partial charge < -0.3 is 9.47 Å². The highest BCUT2D eigenvalue weighted by Crippen LogP contribution is 2.14. The first-order valence-corrected chi connectivity index (χ1v) is 7.06. The Bertz CT molecular complexity index is 352. The quantitative estimate of drug-likeness (QED) is 0.553. The summed E-state index contributed by atoms with van der Waals surface area (Å²) in [4.78, 5) is 11.7. The third kappa shape index (κ3) is 5.13. The van der Waals surface area contributed by atoms with E-state index in [2.05, 4.69) is 0 Å². The lowest BCUT2D eigenvalue weighted by Gasteiger charge is -2.07. The van der Waals surface area contributed by atoms with E-state index in [1.165, 1.54) is 0 Å². The number of hydrogen-bond acceptors (Lipinski definition) is 4. The largest absolute Gasteiger partial charge is 0.494 e. The standard InChI is InChI=1S/C13H18O3S/c1-3-7-15-12-6-4-5-11(10-12)13(14)16-8-9-17-2/h4-6,10H,3,7-9H2,1-2H3. The van der Waals surface area contributed by atoms with Crippen molar-refractivity contribution < 1.29 is 14.3 Å². The van der Waals surface area contributed by atoms with E-state index >= 15 is 0 Å². The third-order valence-electron chi connectivity index (χ3n) is 2.06. The number of benzene rings is 1. The Kier molecular flexibility index (Phi) is 6.55. The first-order valence-electron chi connectivity index (χ1n) is 5.67. The molecule has 0 aliphatic heterocycles. The van der Waals surface area contributed by atoms with Gasteiger partial charge in [-0.3, -0.25) is 0 Å². The van der Waals surface area contributed by atoms with Crippen molar-refractivity contribution in [3.63, 3.8) is 0 Å². The van der Waals surface area contributed by atoms with E-state index < -0.39 is 0 Å². The van der Waals surface area contributed by atoms with Crippen molar-refractivity contribution in [2.75, 3.05) is 25.2 Å². The minimum Gasteiger partial charge on any atom is -0.494 e. The smallest absolute Gasteiger partial charge is 0.338 e. The molecule has 0 fully saturated rings. The van der Waals surface area contributed by atoms with Crippen LogP contribution in [0.1, 0.15) is 23.7 Å². The fourth-order valence-corrected chi connectivity index (χ4v) is 1.48. The Balaban J connectivity index is 2.54. The molecule has 0 spiro atoms. The van der Waals surface area contributed by atoms with Crippen molar-refractivity contribution in [2.45, 2.75) is 13.3 Å². The molecule has 17 heavy (non-hydrogen) atoms. The summed E-state index contributed by atoms with van der Waals surface area (Å²) >= 11 is 1.65. The van der Waals surface area contributed by atoms with Crippen LogP contribution in [0.3, 0.4) is 0 Å². The minimum atomic E-state index is -0.291. The summed E-state index contributed by atoms with van der Waals surface area (Å²) < 4.78 is 10.6. The molecular weight excluding hydrogens is 236 g/mol. The molecule has 0 amide bonds. The molecule has 0 bridgehead atoms. The van der Waals surface area contributed by atoms with Gasteiger partial charge in [-0.15, -0.1) is 0 Å². The zero-order chi connectivity index (χ0) is 12.5. The molecule has 94 valence electrons. The van der Waals surface area contributed by atoms with Crippen molar-refractivity contribution in [1.29, 1.82) is 0 Å². The summed E-state index contributed by atoms with van der Waals surface area (Å²) in [6, 6.07) is 7.10. The molecule has 0 saturated heterocycles. The van der Waals surface area contributed by atoms with E-state index in [1.807, 2.05) is 19.2 Å². The molecular formula is C13H18O3S. The predicted octanol–water partition coefficient (Wildman–Crippen LogP) is 3.00. The van der Waals surface area contributed by atoms with E-state index in [1.54, 1.807) is 30.0 Å². The SMILES string of the molecule is CCCOc1cccc(C(=O)OCCSC)c1. The summed E-state index contributed by atoms with van der Waals surface area (Å²) in [6.07, 6.45) is 2.93. The summed E-state index contributed by atoms with van der Waals surface area (Å²) in [5, 5.41) is 0. The summed E-state index contributed by atoms with van der Waals surface area (Å²) in [6.45, 7) is 3.14. The summed E-state index contributed by atoms with van der Waals surface area (Å²) in [7, 11) is 0. The van der Waals surface area contributed by atoms with Gasteiger partial charge in [0.15, 0.2) is 0 Å². The van der Waals surface area contributed by atoms with Crippen LogP contribution in [0.5, 0.6) is 5.75 Å². The molecule has 1 rings (SSSR count). The van der Waals surface area contributed by atoms with Crippen LogP contribution in [0.25, 0.3) is 0 Å². The van der Waals surface area contributed by atoms with Crippen molar-refractivity contribution in [3.8, 4) is 5.75 Å². The average Bonchev–Trinajstić information content (AvgIpc) is 2.37. The van der Waals surface area contributed by atoms with Gasteiger partial charge >= 0.3 is 5.97 Å². The Hall–Kier alpha value is -1.16. The van der Waals surface area contributed by atoms with E-state index in [4.69, 9.17) is 9.47 Å². The van der Waals surface area contributed by atoms with Crippen LogP contribution in [0.4, 0.5) is 0 Å². The lowest BCUT2D eigenvalue weighted by Crippen LogP contribution is -2.08. The maximum Gasteiger partial charge on any atom is 0.338 e. The van der Waals surface area contributed by atoms with Crippen LogP contribution in [0.15, 0.2) is 24.3 Å². The Morgan fingerprint density at radius 3 is 2.88 bits per heavy atom. The zero-order valence-electron chi connectivity index (χ0n) is 10.3. The fourth-order valence-electron chi connectivity index (χ4n) is 1.23. The van der Waals surface area contributed by atoms with Gasteiger partial charge in [-0.1, -0.05) is 13.0 Å². The molecule has 0 saturated carbocycles. The second-order valence-electron chi connectivity index (χ2n) is 3.51. The van der Waals surface area contributed by atoms with Gasteiger partial charge in [-0.05, 0) is 30.9 Å². The molecule has 0 radical (unpaired) electrons. The zero-order valence-corrected chi connectivity index (χ0v) is 11.1. The van der Waals surface area contributed by atoms with Crippen molar-refractivity contribution >= 4 is 17.7 Å². The van der Waals surface area contributed by atoms with Gasteiger partial charge in [0.05, 0.1) is 12.2 Å². The minimum absolute atomic E-state index is 0.291. The Labute approximate surface area is 106 Å². The number of ether oxygens (including phenoxy) is 2. The lowest BCUT2D eigenvalue weighted by molar-refractivity contribution is 0.0530. The van der Waals surface area contributed by atoms with Gasteiger partial charge in [-0.2, -0.15) is 11.8 Å². The molecule has 0 N–H and O–H groups in total. The van der Waals surface area contributed by atoms with Crippen LogP contribution in [0, 0.1) is 0 Å². The normalized spacial score (nSPS) is 10.0. The van der Waals surface area contributed by atoms with E-state index in [-0.39, 0.29) is 5.97 Å². The van der Waals surface area contributed by atoms with E-state index in [0.29, 0.717) is 24.5 Å². The van der Waals surface area contributed by atoms with Crippen LogP contribution in [-0.4, -0.2) is 31.2 Å². The number of thioether (sulfide) groups is 1. The van der Waals surface area contributed by atoms with Crippen molar-refractivity contribution in [1.82, 2.24) is 0 Å². The molecule has 4 heteroatoms. The van der Waals surface area contributed by atoms with Gasteiger partial charge in [-0.25, -0.2) is 4.79 Å². The highest BCUT2D eigenvalue weighted by molar-refractivity contribution is 7.98. The van der Waals surface area contributed by atoms with Crippen LogP contribution >= 0.6 is 11.8 Å². The topological polar surface area (TPSA) is 35.5 Å². The second kappa shape index (κ2) is 8.01. The van der Waals surface area contributed by atoms with Crippen LogP contribution in [-0.2, 0) is 4.74 Å². The van der Waals surface area contributed by atoms with Gasteiger partial charge in [0.1, 0.15) is 12.4 Å². The molecule has 1 aromatic rings. The average molecular weight is 254 g/mol. The highest BCUT2D eigenvalue weighted by Gasteiger charge is 2.07. The molecule has 0 unspecified atom stereocenters. The van der Waals surface area contributed by atoms with Crippen molar-refractivity contribution in [3.05, 3.63) is 29.8 Å². The van der Waals surface area contributed by atoms with Gasteiger partial charge in [0.2, 0.25) is 0 Å². The monoisotopic (exact) mass is 254 g/mol. The van der Waals surface area contributed by atoms with E-state index in [9.17, 15) is 4.79 Å². The fraction of sp³-hybridized carbons (Fsp3) is 0.462. The maximum absolute atomic E-state index is 11.7. The molecule has 0 aliphatic rings. The molecule has 0 aromatic heterocycles. The molecule has 0 aliphatic carbocycles. The first kappa shape index (κ1) is 13.9. The number of esters is 1. The first-order chi connectivity index (χ1) is 8.27. The van der Waals surface area contributed by atoms with Gasteiger partial charge in [0.25, 0.3) is 0 Å². The number of rotatable bonds is 7. The molecule has 0 atom stereocenters. The Morgan fingerprint density at radius 1 is 1.35 bits per heavy atom. The summed E-state index contributed by atoms with van der Waals surface area (Å²) in [5.74, 6) is 1.24. The third-order valence-corrected chi connectivity index (χ3v) is 2.64. The van der Waals surface area contributed by atoms with Crippen LogP contribution < -0.4 is 4.74 Å². The number of hydrogen-bond donors (Lipinski definition) is 0. The number of carbonyl (C=O) groups excluding carboxylic acids is 1. The summed E-state index contributed by atoms with van der Waals surface area (Å²) in [5.41, 5.74) is 0.541. The highest BCUT2D eigenvalue weighted by atomic mass is 32.2. The molecule has 1 aromatic carbocycles. The molecule has 0 heterocycles. The van der Waals surface area contributed by atoms with Crippen LogP contribution in [0.2, 0.25) is 0 Å². The van der Waals surface area contributed by atoms with E-state index in [0.717, 1.165) is 12.2 Å². The predicted molar refractivity (Wildman–Crippen MR) is 70.9 cm³/mol. The maximum atomic E-state index is 11.7. The lowest BCUT2D eigenvalue weighted by atomic mass is 10.2. The van der Waals surface area contributed by atoms with Gasteiger partial charge in [0, 0.05) is 5.75 Å². The molecule has 3 nitrogen and oxygen atoms in total. The number of carbonyl (C=O) groups is 1. The second-order valence-corrected chi connectivity index (χ2v) is 4.49. The Morgan fingerprint density at radius 2 is 2.18 bits per heavy atom. The van der Waals surface area contributed by atoms with Crippen molar-refractivity contribution in [2.24, 2.45) is 0 Å².